The Morgan fingerprint density at radius 3 is 2.55 bits per heavy atom. The van der Waals surface area contributed by atoms with Crippen molar-refractivity contribution in [2.75, 3.05) is 7.11 Å². The van der Waals surface area contributed by atoms with E-state index in [4.69, 9.17) is 10.5 Å². The zero-order valence-electron chi connectivity index (χ0n) is 18.7. The molecule has 0 spiro atoms. The second-order valence-electron chi connectivity index (χ2n) is 11.8. The van der Waals surface area contributed by atoms with Crippen LogP contribution in [0.3, 0.4) is 0 Å². The van der Waals surface area contributed by atoms with Gasteiger partial charge in [-0.1, -0.05) is 20.8 Å². The lowest BCUT2D eigenvalue weighted by Crippen LogP contribution is -2.62. The molecule has 5 aliphatic carbocycles. The van der Waals surface area contributed by atoms with Gasteiger partial charge in [0.2, 0.25) is 0 Å². The molecule has 4 nitrogen and oxygen atoms in total. The predicted molar refractivity (Wildman–Crippen MR) is 114 cm³/mol. The number of nitrogens with two attached hydrogens (primary N) is 1. The Labute approximate surface area is 176 Å². The molecule has 0 bridgehead atoms. The third-order valence-electron chi connectivity index (χ3n) is 10.8. The standard InChI is InChI=1S/C25H41NO3/c1-13-5-6-20(29-4)16-11-18-22-17(12-21(28)25(18,3)23(13)16)24(2)8-7-15(26)9-14(24)10-19(22)27/h13-15,17-19,21-23,27-28H,5-12,26H2,1-4H3/t13?,14?,15-,17?,18?,19+,21-,22?,23?,24-,25+/m0/s1. The van der Waals surface area contributed by atoms with Crippen LogP contribution in [0.25, 0.3) is 0 Å². The molecule has 0 aliphatic heterocycles. The quantitative estimate of drug-likeness (QED) is 0.621. The Morgan fingerprint density at radius 1 is 1.07 bits per heavy atom. The SMILES string of the molecule is COC1=C2CC3C4C(C[C@H](O)[C@]3(C)C2C(C)CC1)[C@@]1(C)CC[C@H](N)CC1C[C@H]4O. The molecule has 0 heterocycles. The van der Waals surface area contributed by atoms with E-state index in [-0.39, 0.29) is 29.1 Å². The average molecular weight is 404 g/mol. The lowest BCUT2D eigenvalue weighted by molar-refractivity contribution is -0.201. The monoisotopic (exact) mass is 403 g/mol. The fraction of sp³-hybridized carbons (Fsp3) is 0.920. The molecule has 29 heavy (non-hydrogen) atoms. The van der Waals surface area contributed by atoms with Gasteiger partial charge < -0.3 is 20.7 Å². The van der Waals surface area contributed by atoms with Gasteiger partial charge in [-0.3, -0.25) is 0 Å². The minimum Gasteiger partial charge on any atom is -0.501 e. The summed E-state index contributed by atoms with van der Waals surface area (Å²) in [6.07, 6.45) is 7.61. The van der Waals surface area contributed by atoms with E-state index in [9.17, 15) is 10.2 Å². The summed E-state index contributed by atoms with van der Waals surface area (Å²) in [6, 6.07) is 0.278. The number of methoxy groups -OCH3 is 1. The minimum absolute atomic E-state index is 0.143. The van der Waals surface area contributed by atoms with Gasteiger partial charge in [-0.25, -0.2) is 0 Å². The number of hydrogen-bond acceptors (Lipinski definition) is 4. The smallest absolute Gasteiger partial charge is 0.0950 e. The fourth-order valence-corrected chi connectivity index (χ4v) is 9.29. The van der Waals surface area contributed by atoms with Crippen LogP contribution in [0.5, 0.6) is 0 Å². The summed E-state index contributed by atoms with van der Waals surface area (Å²) < 4.78 is 5.84. The molecule has 0 amide bonds. The molecule has 164 valence electrons. The predicted octanol–water partition coefficient (Wildman–Crippen LogP) is 3.85. The third-order valence-corrected chi connectivity index (χ3v) is 10.8. The molecular formula is C25H41NO3. The van der Waals surface area contributed by atoms with Crippen molar-refractivity contribution in [2.45, 2.75) is 90.4 Å². The Morgan fingerprint density at radius 2 is 1.83 bits per heavy atom. The van der Waals surface area contributed by atoms with Crippen LogP contribution in [0.2, 0.25) is 0 Å². The van der Waals surface area contributed by atoms with Gasteiger partial charge in [-0.2, -0.15) is 0 Å². The van der Waals surface area contributed by atoms with E-state index in [1.54, 1.807) is 0 Å². The van der Waals surface area contributed by atoms with Crippen molar-refractivity contribution >= 4 is 0 Å². The van der Waals surface area contributed by atoms with E-state index >= 15 is 0 Å². The number of fused-ring (bicyclic) bond motifs is 7. The number of ether oxygens (including phenoxy) is 1. The van der Waals surface area contributed by atoms with Crippen molar-refractivity contribution < 1.29 is 14.9 Å². The van der Waals surface area contributed by atoms with Crippen LogP contribution in [-0.2, 0) is 4.74 Å². The van der Waals surface area contributed by atoms with Gasteiger partial charge in [0.25, 0.3) is 0 Å². The molecule has 0 aromatic carbocycles. The average Bonchev–Trinajstić information content (AvgIpc) is 3.00. The zero-order valence-corrected chi connectivity index (χ0v) is 18.7. The van der Waals surface area contributed by atoms with Crippen LogP contribution in [0.1, 0.15) is 72.1 Å². The summed E-state index contributed by atoms with van der Waals surface area (Å²) in [4.78, 5) is 0. The fourth-order valence-electron chi connectivity index (χ4n) is 9.29. The molecule has 5 rings (SSSR count). The first-order valence-corrected chi connectivity index (χ1v) is 12.1. The van der Waals surface area contributed by atoms with Gasteiger partial charge in [-0.15, -0.1) is 0 Å². The summed E-state index contributed by atoms with van der Waals surface area (Å²) in [6.45, 7) is 7.15. The maximum Gasteiger partial charge on any atom is 0.0950 e. The first-order valence-electron chi connectivity index (χ1n) is 12.1. The van der Waals surface area contributed by atoms with E-state index in [0.717, 1.165) is 51.4 Å². The highest BCUT2D eigenvalue weighted by molar-refractivity contribution is 5.30. The molecule has 4 N–H and O–H groups in total. The second kappa shape index (κ2) is 6.71. The van der Waals surface area contributed by atoms with Crippen molar-refractivity contribution in [2.24, 2.45) is 52.1 Å². The van der Waals surface area contributed by atoms with Gasteiger partial charge in [-0.05, 0) is 91.4 Å². The maximum atomic E-state index is 11.7. The van der Waals surface area contributed by atoms with Crippen LogP contribution >= 0.6 is 0 Å². The largest absolute Gasteiger partial charge is 0.501 e. The Kier molecular flexibility index (Phi) is 4.70. The van der Waals surface area contributed by atoms with Crippen molar-refractivity contribution in [1.82, 2.24) is 0 Å². The van der Waals surface area contributed by atoms with E-state index in [1.807, 2.05) is 7.11 Å². The van der Waals surface area contributed by atoms with Crippen LogP contribution in [0.4, 0.5) is 0 Å². The van der Waals surface area contributed by atoms with E-state index in [2.05, 4.69) is 20.8 Å². The molecule has 0 saturated heterocycles. The highest BCUT2D eigenvalue weighted by Gasteiger charge is 2.67. The minimum atomic E-state index is -0.298. The van der Waals surface area contributed by atoms with Gasteiger partial charge in [0, 0.05) is 17.9 Å². The van der Waals surface area contributed by atoms with Gasteiger partial charge >= 0.3 is 0 Å². The summed E-state index contributed by atoms with van der Waals surface area (Å²) in [7, 11) is 1.81. The van der Waals surface area contributed by atoms with Crippen LogP contribution < -0.4 is 5.73 Å². The van der Waals surface area contributed by atoms with Gasteiger partial charge in [0.1, 0.15) is 0 Å². The second-order valence-corrected chi connectivity index (χ2v) is 11.8. The topological polar surface area (TPSA) is 75.7 Å². The number of rotatable bonds is 1. The zero-order chi connectivity index (χ0) is 20.7. The molecule has 4 heteroatoms. The first-order chi connectivity index (χ1) is 13.7. The molecule has 4 saturated carbocycles. The third kappa shape index (κ3) is 2.61. The normalized spacial score (nSPS) is 56.9. The summed E-state index contributed by atoms with van der Waals surface area (Å²) >= 11 is 0. The molecule has 6 unspecified atom stereocenters. The number of aliphatic hydroxyl groups excluding tert-OH is 2. The van der Waals surface area contributed by atoms with Gasteiger partial charge in [0.05, 0.1) is 25.1 Å². The van der Waals surface area contributed by atoms with E-state index in [1.165, 1.54) is 11.3 Å². The lowest BCUT2D eigenvalue weighted by atomic mass is 9.43. The molecule has 0 aromatic rings. The van der Waals surface area contributed by atoms with Crippen molar-refractivity contribution in [3.8, 4) is 0 Å². The van der Waals surface area contributed by atoms with Crippen LogP contribution in [-0.4, -0.2) is 35.6 Å². The van der Waals surface area contributed by atoms with Crippen LogP contribution in [0.15, 0.2) is 11.3 Å². The Hall–Kier alpha value is -0.580. The maximum absolute atomic E-state index is 11.7. The molecule has 5 aliphatic rings. The molecular weight excluding hydrogens is 362 g/mol. The summed E-state index contributed by atoms with van der Waals surface area (Å²) in [5.41, 5.74) is 7.85. The van der Waals surface area contributed by atoms with Crippen molar-refractivity contribution in [3.05, 3.63) is 11.3 Å². The van der Waals surface area contributed by atoms with Crippen LogP contribution in [0, 0.1) is 46.3 Å². The number of allylic oxidation sites excluding steroid dienone is 2. The Bertz CT molecular complexity index is 706. The van der Waals surface area contributed by atoms with Gasteiger partial charge in [0.15, 0.2) is 0 Å². The molecule has 4 fully saturated rings. The summed E-state index contributed by atoms with van der Waals surface area (Å²) in [5.74, 6) is 3.68. The highest BCUT2D eigenvalue weighted by atomic mass is 16.5. The lowest BCUT2D eigenvalue weighted by Gasteiger charge is -2.63. The molecule has 11 atom stereocenters. The number of hydrogen-bond donors (Lipinski definition) is 3. The highest BCUT2D eigenvalue weighted by Crippen LogP contribution is 2.70. The number of aliphatic hydroxyl groups is 2. The summed E-state index contributed by atoms with van der Waals surface area (Å²) in [5, 5.41) is 23.1. The molecule has 0 radical (unpaired) electrons. The van der Waals surface area contributed by atoms with E-state index < -0.39 is 0 Å². The molecule has 0 aromatic heterocycles. The van der Waals surface area contributed by atoms with Crippen molar-refractivity contribution in [1.29, 1.82) is 0 Å². The Balaban J connectivity index is 1.57. The van der Waals surface area contributed by atoms with Crippen molar-refractivity contribution in [3.63, 3.8) is 0 Å². The van der Waals surface area contributed by atoms with E-state index in [0.29, 0.717) is 35.5 Å². The first kappa shape index (κ1) is 20.3.